The Balaban J connectivity index is 0.995. The van der Waals surface area contributed by atoms with Gasteiger partial charge in [0.25, 0.3) is 5.91 Å². The van der Waals surface area contributed by atoms with E-state index < -0.39 is 5.97 Å². The smallest absolute Gasteiger partial charge is 0.354 e. The zero-order chi connectivity index (χ0) is 29.1. The summed E-state index contributed by atoms with van der Waals surface area (Å²) < 4.78 is 1.74. The van der Waals surface area contributed by atoms with Crippen LogP contribution in [0.15, 0.2) is 60.8 Å². The summed E-state index contributed by atoms with van der Waals surface area (Å²) in [5.74, 6) is -0.384. The first-order chi connectivity index (χ1) is 20.2. The third-order valence-electron chi connectivity index (χ3n) is 9.53. The molecule has 0 unspecified atom stereocenters. The fourth-order valence-corrected chi connectivity index (χ4v) is 7.18. The van der Waals surface area contributed by atoms with E-state index in [4.69, 9.17) is 0 Å². The minimum absolute atomic E-state index is 0.0561. The Bertz CT molecular complexity index is 1680. The van der Waals surface area contributed by atoms with Crippen molar-refractivity contribution >= 4 is 29.0 Å². The van der Waals surface area contributed by atoms with E-state index in [1.165, 1.54) is 11.6 Å². The van der Waals surface area contributed by atoms with Crippen molar-refractivity contribution in [3.63, 3.8) is 0 Å². The summed E-state index contributed by atoms with van der Waals surface area (Å²) >= 11 is 0. The highest BCUT2D eigenvalue weighted by molar-refractivity contribution is 5.91. The van der Waals surface area contributed by atoms with Gasteiger partial charge < -0.3 is 20.2 Å². The van der Waals surface area contributed by atoms with Crippen LogP contribution >= 0.6 is 0 Å². The number of nitrogens with zero attached hydrogens (tertiary/aromatic N) is 6. The van der Waals surface area contributed by atoms with Crippen LogP contribution in [-0.4, -0.2) is 68.8 Å². The zero-order valence-electron chi connectivity index (χ0n) is 24.0. The van der Waals surface area contributed by atoms with Crippen LogP contribution < -0.4 is 15.1 Å². The van der Waals surface area contributed by atoms with Crippen LogP contribution in [0.3, 0.4) is 0 Å². The van der Waals surface area contributed by atoms with Gasteiger partial charge in [0.1, 0.15) is 5.82 Å². The normalized spacial score (nSPS) is 25.2. The number of aromatic nitrogens is 4. The summed E-state index contributed by atoms with van der Waals surface area (Å²) in [4.78, 5) is 37.9. The molecule has 2 saturated heterocycles. The van der Waals surface area contributed by atoms with Crippen molar-refractivity contribution in [2.24, 2.45) is 5.41 Å². The van der Waals surface area contributed by atoms with Gasteiger partial charge in [-0.15, -0.1) is 5.10 Å². The van der Waals surface area contributed by atoms with E-state index >= 15 is 0 Å². The third kappa shape index (κ3) is 4.64. The Morgan fingerprint density at radius 2 is 1.76 bits per heavy atom. The Morgan fingerprint density at radius 3 is 2.55 bits per heavy atom. The number of aromatic carboxylic acids is 1. The van der Waals surface area contributed by atoms with E-state index in [9.17, 15) is 14.7 Å². The van der Waals surface area contributed by atoms with Gasteiger partial charge in [-0.25, -0.2) is 19.3 Å². The molecular formula is C32H35N7O3. The number of carboxylic acid groups (broad SMARTS) is 1. The van der Waals surface area contributed by atoms with Gasteiger partial charge in [0.15, 0.2) is 11.3 Å². The van der Waals surface area contributed by atoms with Crippen molar-refractivity contribution in [1.29, 1.82) is 0 Å². The van der Waals surface area contributed by atoms with Gasteiger partial charge in [0, 0.05) is 37.6 Å². The number of aryl methyl sites for hydroxylation is 1. The Kier molecular flexibility index (Phi) is 6.18. The van der Waals surface area contributed by atoms with Crippen LogP contribution in [0.25, 0.3) is 5.65 Å². The lowest BCUT2D eigenvalue weighted by atomic mass is 9.65. The average Bonchev–Trinajstić information content (AvgIpc) is 3.71. The van der Waals surface area contributed by atoms with Gasteiger partial charge in [-0.05, 0) is 67.3 Å². The first-order valence-corrected chi connectivity index (χ1v) is 14.6. The summed E-state index contributed by atoms with van der Waals surface area (Å²) in [6.45, 7) is 7.86. The molecule has 10 heteroatoms. The summed E-state index contributed by atoms with van der Waals surface area (Å²) in [6, 6.07) is 18.0. The fraction of sp³-hybridized carbons (Fsp3) is 0.406. The molecule has 1 saturated carbocycles. The predicted molar refractivity (Wildman–Crippen MR) is 159 cm³/mol. The van der Waals surface area contributed by atoms with Crippen LogP contribution in [0.4, 0.5) is 11.5 Å². The quantitative estimate of drug-likeness (QED) is 0.359. The molecule has 4 aromatic rings. The van der Waals surface area contributed by atoms with Gasteiger partial charge in [-0.3, -0.25) is 4.79 Å². The minimum atomic E-state index is -1.02. The molecule has 1 atom stereocenters. The largest absolute Gasteiger partial charge is 0.477 e. The summed E-state index contributed by atoms with van der Waals surface area (Å²) in [5.41, 5.74) is 4.39. The molecule has 1 aliphatic carbocycles. The van der Waals surface area contributed by atoms with E-state index in [2.05, 4.69) is 73.5 Å². The van der Waals surface area contributed by atoms with Gasteiger partial charge >= 0.3 is 5.97 Å². The Hall–Kier alpha value is -4.47. The molecule has 3 aromatic heterocycles. The minimum Gasteiger partial charge on any atom is -0.477 e. The maximum absolute atomic E-state index is 13.2. The molecule has 0 bridgehead atoms. The third-order valence-corrected chi connectivity index (χ3v) is 9.53. The molecule has 10 nitrogen and oxygen atoms in total. The average molecular weight is 566 g/mol. The first-order valence-electron chi connectivity index (χ1n) is 14.6. The van der Waals surface area contributed by atoms with E-state index in [1.54, 1.807) is 10.6 Å². The van der Waals surface area contributed by atoms with E-state index in [-0.39, 0.29) is 34.3 Å². The number of hydrogen-bond donors (Lipinski definition) is 2. The lowest BCUT2D eigenvalue weighted by molar-refractivity contribution is 0.0689. The highest BCUT2D eigenvalue weighted by atomic mass is 16.4. The molecule has 1 aromatic carbocycles. The number of fused-ring (bicyclic) bond motifs is 1. The van der Waals surface area contributed by atoms with E-state index in [0.29, 0.717) is 11.5 Å². The van der Waals surface area contributed by atoms with Crippen molar-refractivity contribution < 1.29 is 14.7 Å². The molecule has 2 aliphatic heterocycles. The number of carbonyl (C=O) groups is 2. The van der Waals surface area contributed by atoms with Crippen molar-refractivity contribution in [1.82, 2.24) is 24.9 Å². The van der Waals surface area contributed by atoms with Gasteiger partial charge in [-0.1, -0.05) is 43.3 Å². The maximum Gasteiger partial charge on any atom is 0.354 e. The summed E-state index contributed by atoms with van der Waals surface area (Å²) in [7, 11) is 0. The predicted octanol–water partition coefficient (Wildman–Crippen LogP) is 4.09. The topological polar surface area (TPSA) is 116 Å². The monoisotopic (exact) mass is 565 g/mol. The number of pyridine rings is 2. The van der Waals surface area contributed by atoms with Crippen molar-refractivity contribution in [2.75, 3.05) is 36.0 Å². The van der Waals surface area contributed by atoms with E-state index in [0.717, 1.165) is 63.1 Å². The number of nitrogens with one attached hydrogen (secondary N) is 1. The molecule has 0 radical (unpaired) electrons. The molecule has 1 spiro atoms. The fourth-order valence-electron chi connectivity index (χ4n) is 7.18. The van der Waals surface area contributed by atoms with Crippen LogP contribution in [0.2, 0.25) is 0 Å². The Morgan fingerprint density at radius 1 is 0.976 bits per heavy atom. The van der Waals surface area contributed by atoms with Crippen LogP contribution in [-0.2, 0) is 5.41 Å². The molecule has 3 aliphatic rings. The van der Waals surface area contributed by atoms with E-state index in [1.807, 2.05) is 19.2 Å². The number of carbonyl (C=O) groups excluding carboxylic acids is 1. The molecular weight excluding hydrogens is 530 g/mol. The van der Waals surface area contributed by atoms with Crippen LogP contribution in [0.5, 0.6) is 0 Å². The number of benzene rings is 1. The lowest BCUT2D eigenvalue weighted by Crippen LogP contribution is -2.52. The summed E-state index contributed by atoms with van der Waals surface area (Å²) in [6.07, 6.45) is 5.80. The molecule has 2 N–H and O–H groups in total. The highest BCUT2D eigenvalue weighted by Crippen LogP contribution is 2.49. The second kappa shape index (κ2) is 9.82. The first kappa shape index (κ1) is 26.4. The van der Waals surface area contributed by atoms with Crippen molar-refractivity contribution in [3.05, 3.63) is 83.4 Å². The zero-order valence-corrected chi connectivity index (χ0v) is 24.0. The van der Waals surface area contributed by atoms with Crippen molar-refractivity contribution in [3.8, 4) is 0 Å². The van der Waals surface area contributed by atoms with Crippen molar-refractivity contribution in [2.45, 2.75) is 51.0 Å². The molecule has 7 rings (SSSR count). The second-order valence-electron chi connectivity index (χ2n) is 12.6. The lowest BCUT2D eigenvalue weighted by Gasteiger charge is -2.45. The number of carboxylic acids is 1. The molecule has 42 heavy (non-hydrogen) atoms. The molecule has 1 amide bonds. The molecule has 5 heterocycles. The van der Waals surface area contributed by atoms with Gasteiger partial charge in [0.2, 0.25) is 5.82 Å². The summed E-state index contributed by atoms with van der Waals surface area (Å²) in [5, 5.41) is 17.0. The number of rotatable bonds is 6. The van der Waals surface area contributed by atoms with Crippen LogP contribution in [0, 0.1) is 12.3 Å². The number of hydrogen-bond acceptors (Lipinski definition) is 7. The molecule has 216 valence electrons. The second-order valence-corrected chi connectivity index (χ2v) is 12.6. The number of anilines is 2. The highest BCUT2D eigenvalue weighted by Gasteiger charge is 2.49. The van der Waals surface area contributed by atoms with Gasteiger partial charge in [-0.2, -0.15) is 0 Å². The van der Waals surface area contributed by atoms with Gasteiger partial charge in [0.05, 0.1) is 11.9 Å². The number of amides is 1. The SMILES string of the molecule is Cc1cc(N2CC[C@](C)(c3ccccc3)C2)cn2nc(C(=O)NC3CC4(CCN(c5cccc(C(=O)O)n5)C4)C3)nc12. The standard InChI is InChI=1S/C32H35N7O3/c1-21-15-24(37-13-11-31(2,19-37)22-7-4-3-5-8-22)18-39-28(21)35-27(36-39)29(40)33-23-16-32(17-23)12-14-38(20-32)26-10-6-9-25(34-26)30(41)42/h3-10,15,18,23H,11-14,16-17,19-20H2,1-2H3,(H,33,40)(H,41,42)/t23?,31-,32?/m0/s1. The molecule has 3 fully saturated rings. The maximum atomic E-state index is 13.2. The Labute approximate surface area is 244 Å². The van der Waals surface area contributed by atoms with Crippen LogP contribution in [0.1, 0.15) is 64.8 Å².